The van der Waals surface area contributed by atoms with Gasteiger partial charge in [0.15, 0.2) is 11.8 Å². The zero-order valence-corrected chi connectivity index (χ0v) is 19.1. The van der Waals surface area contributed by atoms with E-state index < -0.39 is 0 Å². The summed E-state index contributed by atoms with van der Waals surface area (Å²) < 4.78 is 1.97. The summed E-state index contributed by atoms with van der Waals surface area (Å²) in [5.41, 5.74) is 1.32. The Bertz CT molecular complexity index is 729. The third-order valence-electron chi connectivity index (χ3n) is 4.51. The molecule has 0 fully saturated rings. The lowest BCUT2D eigenvalue weighted by Gasteiger charge is -2.20. The highest BCUT2D eigenvalue weighted by atomic mass is 127. The van der Waals surface area contributed by atoms with Crippen LogP contribution in [0, 0.1) is 6.92 Å². The number of aliphatic imine (C=N–C) groups is 1. The molecule has 0 aromatic carbocycles. The third kappa shape index (κ3) is 4.93. The van der Waals surface area contributed by atoms with Crippen molar-refractivity contribution < 1.29 is 0 Å². The van der Waals surface area contributed by atoms with Gasteiger partial charge in [0.2, 0.25) is 0 Å². The fourth-order valence-corrected chi connectivity index (χ4v) is 4.17. The summed E-state index contributed by atoms with van der Waals surface area (Å²) in [6, 6.07) is 0. The molecule has 0 bridgehead atoms. The summed E-state index contributed by atoms with van der Waals surface area (Å²) in [5, 5.41) is 12.8. The first-order chi connectivity index (χ1) is 12.1. The fourth-order valence-electron chi connectivity index (χ4n) is 2.95. The standard InChI is InChI=1S/C17H27N7S.HI/c1-5-18-17(19-10-15-22-21-12(2)24(15)4)23(3)11-16-20-13-8-6-7-9-14(13)25-16;/h5-11H2,1-4H3,(H,18,19);1H. The van der Waals surface area contributed by atoms with E-state index in [0.29, 0.717) is 6.54 Å². The summed E-state index contributed by atoms with van der Waals surface area (Å²) in [6.45, 7) is 6.15. The van der Waals surface area contributed by atoms with E-state index in [-0.39, 0.29) is 24.0 Å². The number of rotatable bonds is 5. The van der Waals surface area contributed by atoms with Crippen molar-refractivity contribution in [3.8, 4) is 0 Å². The van der Waals surface area contributed by atoms with Gasteiger partial charge in [0.25, 0.3) is 0 Å². The summed E-state index contributed by atoms with van der Waals surface area (Å²) in [7, 11) is 4.03. The van der Waals surface area contributed by atoms with Crippen LogP contribution in [0.2, 0.25) is 0 Å². The molecular formula is C17H28IN7S. The minimum Gasteiger partial charge on any atom is -0.357 e. The number of aryl methyl sites for hydroxylation is 3. The summed E-state index contributed by atoms with van der Waals surface area (Å²) >= 11 is 1.86. The number of nitrogens with one attached hydrogen (secondary N) is 1. The van der Waals surface area contributed by atoms with Crippen molar-refractivity contribution in [1.82, 2.24) is 30.0 Å². The molecule has 9 heteroatoms. The van der Waals surface area contributed by atoms with Gasteiger partial charge in [-0.05, 0) is 39.5 Å². The predicted octanol–water partition coefficient (Wildman–Crippen LogP) is 2.67. The van der Waals surface area contributed by atoms with Crippen molar-refractivity contribution in [2.45, 2.75) is 52.6 Å². The molecule has 0 unspecified atom stereocenters. The highest BCUT2D eigenvalue weighted by Crippen LogP contribution is 2.27. The molecule has 0 saturated carbocycles. The minimum absolute atomic E-state index is 0. The van der Waals surface area contributed by atoms with Gasteiger partial charge in [-0.25, -0.2) is 9.98 Å². The number of guanidine groups is 1. The number of hydrogen-bond acceptors (Lipinski definition) is 5. The average molecular weight is 489 g/mol. The van der Waals surface area contributed by atoms with Gasteiger partial charge in [-0.2, -0.15) is 0 Å². The van der Waals surface area contributed by atoms with E-state index in [1.165, 1.54) is 34.8 Å². The molecule has 1 aliphatic rings. The number of halogens is 1. The van der Waals surface area contributed by atoms with E-state index in [9.17, 15) is 0 Å². The molecule has 0 spiro atoms. The van der Waals surface area contributed by atoms with Crippen LogP contribution >= 0.6 is 35.3 Å². The van der Waals surface area contributed by atoms with Gasteiger partial charge in [-0.15, -0.1) is 45.5 Å². The topological polar surface area (TPSA) is 71.2 Å². The zero-order chi connectivity index (χ0) is 17.8. The van der Waals surface area contributed by atoms with Crippen LogP contribution in [-0.2, 0) is 33.0 Å². The van der Waals surface area contributed by atoms with E-state index in [0.717, 1.165) is 37.1 Å². The second kappa shape index (κ2) is 9.63. The van der Waals surface area contributed by atoms with E-state index in [1.807, 2.05) is 29.9 Å². The summed E-state index contributed by atoms with van der Waals surface area (Å²) in [5.74, 6) is 2.64. The maximum atomic E-state index is 4.84. The molecule has 26 heavy (non-hydrogen) atoms. The summed E-state index contributed by atoms with van der Waals surface area (Å²) in [6.07, 6.45) is 4.89. The third-order valence-corrected chi connectivity index (χ3v) is 5.65. The Hall–Kier alpha value is -1.23. The maximum Gasteiger partial charge on any atom is 0.194 e. The SMILES string of the molecule is CCNC(=NCc1nnc(C)n1C)N(C)Cc1nc2c(s1)CCCC2.I. The molecule has 144 valence electrons. The van der Waals surface area contributed by atoms with Crippen molar-refractivity contribution in [3.63, 3.8) is 0 Å². The lowest BCUT2D eigenvalue weighted by Crippen LogP contribution is -2.38. The number of hydrogen-bond donors (Lipinski definition) is 1. The van der Waals surface area contributed by atoms with Gasteiger partial charge in [-0.1, -0.05) is 0 Å². The van der Waals surface area contributed by atoms with Crippen LogP contribution in [-0.4, -0.2) is 44.2 Å². The lowest BCUT2D eigenvalue weighted by molar-refractivity contribution is 0.474. The predicted molar refractivity (Wildman–Crippen MR) is 116 cm³/mol. The summed E-state index contributed by atoms with van der Waals surface area (Å²) in [4.78, 5) is 13.2. The van der Waals surface area contributed by atoms with Crippen molar-refractivity contribution in [3.05, 3.63) is 27.2 Å². The Morgan fingerprint density at radius 2 is 2.08 bits per heavy atom. The normalized spacial score (nSPS) is 13.9. The molecule has 0 saturated heterocycles. The Morgan fingerprint density at radius 1 is 1.31 bits per heavy atom. The van der Waals surface area contributed by atoms with Gasteiger partial charge in [0, 0.05) is 25.5 Å². The first kappa shape index (κ1) is 21.1. The van der Waals surface area contributed by atoms with Crippen LogP contribution in [0.15, 0.2) is 4.99 Å². The van der Waals surface area contributed by atoms with Gasteiger partial charge in [0.05, 0.1) is 12.2 Å². The Kier molecular flexibility index (Phi) is 7.81. The average Bonchev–Trinajstić information content (AvgIpc) is 3.15. The molecule has 2 aromatic heterocycles. The van der Waals surface area contributed by atoms with Crippen LogP contribution < -0.4 is 5.32 Å². The van der Waals surface area contributed by atoms with E-state index in [1.54, 1.807) is 0 Å². The molecule has 2 heterocycles. The first-order valence-electron chi connectivity index (χ1n) is 8.90. The van der Waals surface area contributed by atoms with Crippen molar-refractivity contribution in [1.29, 1.82) is 0 Å². The van der Waals surface area contributed by atoms with Gasteiger partial charge < -0.3 is 14.8 Å². The van der Waals surface area contributed by atoms with Crippen LogP contribution in [0.5, 0.6) is 0 Å². The second-order valence-electron chi connectivity index (χ2n) is 6.43. The highest BCUT2D eigenvalue weighted by Gasteiger charge is 2.17. The fraction of sp³-hybridized carbons (Fsp3) is 0.647. The van der Waals surface area contributed by atoms with Crippen LogP contribution in [0.25, 0.3) is 0 Å². The molecule has 1 N–H and O–H groups in total. The van der Waals surface area contributed by atoms with E-state index >= 15 is 0 Å². The van der Waals surface area contributed by atoms with Gasteiger partial charge in [-0.3, -0.25) is 0 Å². The maximum absolute atomic E-state index is 4.84. The zero-order valence-electron chi connectivity index (χ0n) is 15.9. The first-order valence-corrected chi connectivity index (χ1v) is 9.72. The largest absolute Gasteiger partial charge is 0.357 e. The molecular weight excluding hydrogens is 461 g/mol. The molecule has 2 aromatic rings. The van der Waals surface area contributed by atoms with E-state index in [2.05, 4.69) is 34.4 Å². The molecule has 0 amide bonds. The number of aromatic nitrogens is 4. The Labute approximate surface area is 176 Å². The smallest absolute Gasteiger partial charge is 0.194 e. The lowest BCUT2D eigenvalue weighted by atomic mass is 10.0. The molecule has 0 radical (unpaired) electrons. The number of nitrogens with zero attached hydrogens (tertiary/aromatic N) is 6. The van der Waals surface area contributed by atoms with Crippen LogP contribution in [0.1, 0.15) is 47.0 Å². The van der Waals surface area contributed by atoms with Gasteiger partial charge >= 0.3 is 0 Å². The molecule has 0 atom stereocenters. The highest BCUT2D eigenvalue weighted by molar-refractivity contribution is 14.0. The molecule has 3 rings (SSSR count). The monoisotopic (exact) mass is 489 g/mol. The Morgan fingerprint density at radius 3 is 2.73 bits per heavy atom. The van der Waals surface area contributed by atoms with Gasteiger partial charge in [0.1, 0.15) is 17.4 Å². The molecule has 1 aliphatic carbocycles. The molecule has 0 aliphatic heterocycles. The number of fused-ring (bicyclic) bond motifs is 1. The second-order valence-corrected chi connectivity index (χ2v) is 7.60. The molecule has 7 nitrogen and oxygen atoms in total. The number of thiazole rings is 1. The van der Waals surface area contributed by atoms with Crippen molar-refractivity contribution >= 4 is 41.3 Å². The minimum atomic E-state index is 0. The van der Waals surface area contributed by atoms with Crippen LogP contribution in [0.3, 0.4) is 0 Å². The van der Waals surface area contributed by atoms with E-state index in [4.69, 9.17) is 9.98 Å². The van der Waals surface area contributed by atoms with Crippen molar-refractivity contribution in [2.24, 2.45) is 12.0 Å². The quantitative estimate of drug-likeness (QED) is 0.398. The van der Waals surface area contributed by atoms with Crippen molar-refractivity contribution in [2.75, 3.05) is 13.6 Å². The Balaban J connectivity index is 0.00000243. The van der Waals surface area contributed by atoms with Crippen LogP contribution in [0.4, 0.5) is 0 Å².